The lowest BCUT2D eigenvalue weighted by molar-refractivity contribution is 0.362. The van der Waals surface area contributed by atoms with Crippen molar-refractivity contribution in [1.29, 1.82) is 0 Å². The Labute approximate surface area is 110 Å². The van der Waals surface area contributed by atoms with E-state index in [1.807, 2.05) is 11.3 Å². The molecule has 1 fully saturated rings. The summed E-state index contributed by atoms with van der Waals surface area (Å²) in [6.07, 6.45) is 10.1. The average Bonchev–Trinajstić information content (AvgIpc) is 2.75. The molecule has 96 valence electrons. The molecule has 17 heavy (non-hydrogen) atoms. The molecule has 1 saturated carbocycles. The van der Waals surface area contributed by atoms with E-state index >= 15 is 0 Å². The zero-order valence-corrected chi connectivity index (χ0v) is 11.8. The van der Waals surface area contributed by atoms with E-state index in [1.54, 1.807) is 0 Å². The number of rotatable bonds is 5. The minimum atomic E-state index is 0.600. The molecule has 1 heterocycles. The van der Waals surface area contributed by atoms with Crippen LogP contribution >= 0.6 is 11.3 Å². The molecule has 0 spiro atoms. The molecule has 2 rings (SSSR count). The van der Waals surface area contributed by atoms with Crippen LogP contribution in [-0.4, -0.2) is 6.54 Å². The lowest BCUT2D eigenvalue weighted by Gasteiger charge is -2.22. The Bertz CT molecular complexity index is 286. The van der Waals surface area contributed by atoms with Crippen molar-refractivity contribution in [2.45, 2.75) is 57.9 Å². The van der Waals surface area contributed by atoms with Crippen LogP contribution in [-0.2, 0) is 0 Å². The first-order chi connectivity index (χ1) is 8.40. The first-order valence-electron chi connectivity index (χ1n) is 7.17. The van der Waals surface area contributed by atoms with Crippen molar-refractivity contribution in [3.05, 3.63) is 22.4 Å². The molecule has 1 unspecified atom stereocenters. The fourth-order valence-corrected chi connectivity index (χ4v) is 3.78. The van der Waals surface area contributed by atoms with E-state index in [4.69, 9.17) is 0 Å². The molecule has 0 radical (unpaired) electrons. The number of hydrogen-bond acceptors (Lipinski definition) is 2. The second kappa shape index (κ2) is 7.17. The van der Waals surface area contributed by atoms with E-state index in [0.29, 0.717) is 6.04 Å². The van der Waals surface area contributed by atoms with E-state index in [0.717, 1.165) is 12.5 Å². The lowest BCUT2D eigenvalue weighted by atomic mass is 9.92. The molecule has 0 bridgehead atoms. The Kier molecular flexibility index (Phi) is 5.53. The number of thiophene rings is 1. The van der Waals surface area contributed by atoms with Gasteiger partial charge >= 0.3 is 0 Å². The van der Waals surface area contributed by atoms with Crippen molar-refractivity contribution >= 4 is 11.3 Å². The minimum absolute atomic E-state index is 0.600. The van der Waals surface area contributed by atoms with Gasteiger partial charge in [-0.15, -0.1) is 11.3 Å². The van der Waals surface area contributed by atoms with Crippen molar-refractivity contribution in [3.8, 4) is 0 Å². The van der Waals surface area contributed by atoms with Gasteiger partial charge in [0, 0.05) is 10.9 Å². The van der Waals surface area contributed by atoms with Gasteiger partial charge in [-0.05, 0) is 30.3 Å². The summed E-state index contributed by atoms with van der Waals surface area (Å²) in [5.41, 5.74) is 0. The summed E-state index contributed by atoms with van der Waals surface area (Å²) in [6.45, 7) is 3.29. The van der Waals surface area contributed by atoms with Gasteiger partial charge in [-0.1, -0.05) is 51.5 Å². The van der Waals surface area contributed by atoms with Gasteiger partial charge in [0.1, 0.15) is 0 Å². The van der Waals surface area contributed by atoms with E-state index in [2.05, 4.69) is 29.8 Å². The van der Waals surface area contributed by atoms with Crippen LogP contribution in [0.25, 0.3) is 0 Å². The third kappa shape index (κ3) is 4.11. The highest BCUT2D eigenvalue weighted by Crippen LogP contribution is 2.32. The summed E-state index contributed by atoms with van der Waals surface area (Å²) < 4.78 is 0. The van der Waals surface area contributed by atoms with E-state index in [9.17, 15) is 0 Å². The molecular formula is C15H25NS. The van der Waals surface area contributed by atoms with Crippen LogP contribution in [0.4, 0.5) is 0 Å². The second-order valence-electron chi connectivity index (χ2n) is 5.22. The Morgan fingerprint density at radius 1 is 1.29 bits per heavy atom. The summed E-state index contributed by atoms with van der Waals surface area (Å²) in [7, 11) is 0. The lowest BCUT2D eigenvalue weighted by Crippen LogP contribution is -2.22. The first-order valence-corrected chi connectivity index (χ1v) is 8.05. The minimum Gasteiger partial charge on any atom is -0.310 e. The van der Waals surface area contributed by atoms with Crippen LogP contribution in [0.15, 0.2) is 17.5 Å². The summed E-state index contributed by atoms with van der Waals surface area (Å²) in [6, 6.07) is 5.06. The third-order valence-corrected chi connectivity index (χ3v) is 4.87. The molecule has 2 heteroatoms. The van der Waals surface area contributed by atoms with Crippen LogP contribution in [0.1, 0.15) is 62.8 Å². The Hall–Kier alpha value is -0.340. The third-order valence-electron chi connectivity index (χ3n) is 3.88. The maximum Gasteiger partial charge on any atom is 0.0417 e. The van der Waals surface area contributed by atoms with Gasteiger partial charge in [0.25, 0.3) is 0 Å². The standard InChI is InChI=1S/C15H25NS/c1-2-16-14(15-10-7-11-17-15)12-13-8-5-3-4-6-9-13/h7,10-11,13-14,16H,2-6,8-9,12H2,1H3. The summed E-state index contributed by atoms with van der Waals surface area (Å²) >= 11 is 1.90. The SMILES string of the molecule is CCNC(CC1CCCCCC1)c1cccs1. The monoisotopic (exact) mass is 251 g/mol. The molecule has 1 aromatic heterocycles. The molecule has 0 saturated heterocycles. The molecule has 1 nitrogen and oxygen atoms in total. The molecule has 0 aliphatic heterocycles. The quantitative estimate of drug-likeness (QED) is 0.744. The van der Waals surface area contributed by atoms with Gasteiger partial charge in [-0.3, -0.25) is 0 Å². The highest BCUT2D eigenvalue weighted by atomic mass is 32.1. The van der Waals surface area contributed by atoms with Crippen molar-refractivity contribution < 1.29 is 0 Å². The zero-order chi connectivity index (χ0) is 11.9. The van der Waals surface area contributed by atoms with Crippen LogP contribution in [0.2, 0.25) is 0 Å². The molecular weight excluding hydrogens is 226 g/mol. The van der Waals surface area contributed by atoms with Crippen LogP contribution < -0.4 is 5.32 Å². The maximum absolute atomic E-state index is 3.66. The molecule has 1 atom stereocenters. The largest absolute Gasteiger partial charge is 0.310 e. The van der Waals surface area contributed by atoms with Crippen molar-refractivity contribution in [1.82, 2.24) is 5.32 Å². The van der Waals surface area contributed by atoms with E-state index in [1.165, 1.54) is 49.8 Å². The van der Waals surface area contributed by atoms with Crippen molar-refractivity contribution in [3.63, 3.8) is 0 Å². The van der Waals surface area contributed by atoms with Crippen molar-refractivity contribution in [2.24, 2.45) is 5.92 Å². The van der Waals surface area contributed by atoms with Gasteiger partial charge < -0.3 is 5.32 Å². The zero-order valence-electron chi connectivity index (χ0n) is 11.0. The predicted molar refractivity (Wildman–Crippen MR) is 76.5 cm³/mol. The Morgan fingerprint density at radius 2 is 2.06 bits per heavy atom. The van der Waals surface area contributed by atoms with Gasteiger partial charge in [0.2, 0.25) is 0 Å². The average molecular weight is 251 g/mol. The summed E-state index contributed by atoms with van der Waals surface area (Å²) in [5, 5.41) is 5.86. The second-order valence-corrected chi connectivity index (χ2v) is 6.20. The molecule has 0 aromatic carbocycles. The van der Waals surface area contributed by atoms with Crippen LogP contribution in [0.5, 0.6) is 0 Å². The maximum atomic E-state index is 3.66. The molecule has 1 aliphatic rings. The van der Waals surface area contributed by atoms with E-state index < -0.39 is 0 Å². The Morgan fingerprint density at radius 3 is 2.65 bits per heavy atom. The summed E-state index contributed by atoms with van der Waals surface area (Å²) in [4.78, 5) is 1.52. The fourth-order valence-electron chi connectivity index (χ4n) is 2.97. The van der Waals surface area contributed by atoms with Gasteiger partial charge in [-0.2, -0.15) is 0 Å². The molecule has 0 amide bonds. The highest BCUT2D eigenvalue weighted by Gasteiger charge is 2.19. The number of hydrogen-bond donors (Lipinski definition) is 1. The molecule has 1 N–H and O–H groups in total. The normalized spacial score (nSPS) is 20.1. The smallest absolute Gasteiger partial charge is 0.0417 e. The van der Waals surface area contributed by atoms with Gasteiger partial charge in [0.15, 0.2) is 0 Å². The molecule has 1 aromatic rings. The fraction of sp³-hybridized carbons (Fsp3) is 0.733. The highest BCUT2D eigenvalue weighted by molar-refractivity contribution is 7.10. The van der Waals surface area contributed by atoms with Crippen molar-refractivity contribution in [2.75, 3.05) is 6.54 Å². The Balaban J connectivity index is 1.92. The summed E-state index contributed by atoms with van der Waals surface area (Å²) in [5.74, 6) is 0.948. The van der Waals surface area contributed by atoms with Crippen LogP contribution in [0.3, 0.4) is 0 Å². The van der Waals surface area contributed by atoms with E-state index in [-0.39, 0.29) is 0 Å². The van der Waals surface area contributed by atoms with Crippen LogP contribution in [0, 0.1) is 5.92 Å². The predicted octanol–water partition coefficient (Wildman–Crippen LogP) is 4.76. The number of nitrogens with one attached hydrogen (secondary N) is 1. The molecule has 1 aliphatic carbocycles. The first kappa shape index (κ1) is 13.1. The topological polar surface area (TPSA) is 12.0 Å². The van der Waals surface area contributed by atoms with Gasteiger partial charge in [0.05, 0.1) is 0 Å². The van der Waals surface area contributed by atoms with Gasteiger partial charge in [-0.25, -0.2) is 0 Å².